The van der Waals surface area contributed by atoms with Gasteiger partial charge in [0.2, 0.25) is 0 Å². The van der Waals surface area contributed by atoms with Gasteiger partial charge in [-0.05, 0) is 30.5 Å². The lowest BCUT2D eigenvalue weighted by atomic mass is 9.93. The number of aliphatic carboxylic acids is 1. The van der Waals surface area contributed by atoms with Gasteiger partial charge in [0.25, 0.3) is 0 Å². The second kappa shape index (κ2) is 6.50. The van der Waals surface area contributed by atoms with E-state index in [1.807, 2.05) is 13.8 Å². The second-order valence-electron chi connectivity index (χ2n) is 4.28. The molecule has 0 saturated heterocycles. The molecule has 0 saturated carbocycles. The lowest BCUT2D eigenvalue weighted by Crippen LogP contribution is -2.22. The maximum absolute atomic E-state index is 11.0. The van der Waals surface area contributed by atoms with Crippen LogP contribution in [0, 0.1) is 11.8 Å². The molecule has 0 aliphatic heterocycles. The molecule has 4 heteroatoms. The van der Waals surface area contributed by atoms with Gasteiger partial charge in [-0.2, -0.15) is 0 Å². The molecule has 17 heavy (non-hydrogen) atoms. The number of hydrogen-bond donors (Lipinski definition) is 1. The van der Waals surface area contributed by atoms with Gasteiger partial charge in [-0.1, -0.05) is 31.5 Å². The predicted molar refractivity (Wildman–Crippen MR) is 67.5 cm³/mol. The second-order valence-corrected chi connectivity index (χ2v) is 4.72. The van der Waals surface area contributed by atoms with Crippen LogP contribution in [0.1, 0.15) is 20.3 Å². The Kier molecular flexibility index (Phi) is 5.29. The lowest BCUT2D eigenvalue weighted by molar-refractivity contribution is -0.143. The molecule has 0 aliphatic carbocycles. The van der Waals surface area contributed by atoms with Gasteiger partial charge in [-0.15, -0.1) is 0 Å². The van der Waals surface area contributed by atoms with Crippen LogP contribution in [-0.2, 0) is 4.79 Å². The van der Waals surface area contributed by atoms with E-state index in [1.165, 1.54) is 0 Å². The summed E-state index contributed by atoms with van der Waals surface area (Å²) in [4.78, 5) is 11.0. The third kappa shape index (κ3) is 4.65. The molecule has 1 unspecified atom stereocenters. The van der Waals surface area contributed by atoms with Crippen LogP contribution in [0.4, 0.5) is 0 Å². The summed E-state index contributed by atoms with van der Waals surface area (Å²) in [7, 11) is 0. The molecule has 94 valence electrons. The van der Waals surface area contributed by atoms with Crippen LogP contribution < -0.4 is 4.74 Å². The molecule has 0 spiro atoms. The van der Waals surface area contributed by atoms with Crippen molar-refractivity contribution in [3.63, 3.8) is 0 Å². The maximum Gasteiger partial charge on any atom is 0.306 e. The van der Waals surface area contributed by atoms with Crippen molar-refractivity contribution in [2.75, 3.05) is 6.61 Å². The molecule has 1 rings (SSSR count). The lowest BCUT2D eigenvalue weighted by Gasteiger charge is -2.16. The average Bonchev–Trinajstić information content (AvgIpc) is 2.23. The van der Waals surface area contributed by atoms with E-state index in [0.29, 0.717) is 23.8 Å². The zero-order valence-corrected chi connectivity index (χ0v) is 10.8. The van der Waals surface area contributed by atoms with Gasteiger partial charge >= 0.3 is 5.97 Å². The Labute approximate surface area is 106 Å². The number of hydrogen-bond acceptors (Lipinski definition) is 2. The molecule has 0 aromatic heterocycles. The van der Waals surface area contributed by atoms with Crippen molar-refractivity contribution in [3.8, 4) is 5.75 Å². The normalized spacial score (nSPS) is 12.5. The van der Waals surface area contributed by atoms with Gasteiger partial charge in [0.1, 0.15) is 5.75 Å². The van der Waals surface area contributed by atoms with Crippen molar-refractivity contribution >= 4 is 17.6 Å². The molecule has 1 N–H and O–H groups in total. The van der Waals surface area contributed by atoms with Crippen LogP contribution in [0.2, 0.25) is 5.02 Å². The van der Waals surface area contributed by atoms with Crippen molar-refractivity contribution in [2.24, 2.45) is 11.8 Å². The van der Waals surface area contributed by atoms with Gasteiger partial charge in [0.15, 0.2) is 0 Å². The number of benzene rings is 1. The van der Waals surface area contributed by atoms with Gasteiger partial charge < -0.3 is 9.84 Å². The summed E-state index contributed by atoms with van der Waals surface area (Å²) in [6.45, 7) is 4.19. The quantitative estimate of drug-likeness (QED) is 0.848. The molecular weight excluding hydrogens is 240 g/mol. The Balaban J connectivity index is 2.44. The summed E-state index contributed by atoms with van der Waals surface area (Å²) in [6.07, 6.45) is 0.500. The summed E-state index contributed by atoms with van der Waals surface area (Å²) in [5.74, 6) is -0.357. The molecular formula is C13H17ClO3. The van der Waals surface area contributed by atoms with Crippen LogP contribution in [0.15, 0.2) is 24.3 Å². The van der Waals surface area contributed by atoms with Gasteiger partial charge in [0, 0.05) is 5.02 Å². The van der Waals surface area contributed by atoms with E-state index in [2.05, 4.69) is 0 Å². The molecule has 0 heterocycles. The highest BCUT2D eigenvalue weighted by Crippen LogP contribution is 2.19. The number of rotatable bonds is 6. The summed E-state index contributed by atoms with van der Waals surface area (Å²) >= 11 is 5.81. The molecule has 1 aromatic carbocycles. The highest BCUT2D eigenvalue weighted by atomic mass is 35.5. The minimum atomic E-state index is -0.769. The van der Waals surface area contributed by atoms with Gasteiger partial charge in [-0.3, -0.25) is 4.79 Å². The SMILES string of the molecule is CC(C)C(CCOc1cccc(Cl)c1)C(=O)O. The fraction of sp³-hybridized carbons (Fsp3) is 0.462. The summed E-state index contributed by atoms with van der Waals surface area (Å²) in [5, 5.41) is 9.62. The number of carboxylic acids is 1. The predicted octanol–water partition coefficient (Wildman–Crippen LogP) is 3.47. The van der Waals surface area contributed by atoms with Crippen LogP contribution in [0.3, 0.4) is 0 Å². The fourth-order valence-electron chi connectivity index (χ4n) is 1.60. The van der Waals surface area contributed by atoms with Crippen LogP contribution in [-0.4, -0.2) is 17.7 Å². The van der Waals surface area contributed by atoms with E-state index in [-0.39, 0.29) is 11.8 Å². The molecule has 1 atom stereocenters. The first-order valence-corrected chi connectivity index (χ1v) is 5.99. The van der Waals surface area contributed by atoms with Crippen molar-refractivity contribution in [3.05, 3.63) is 29.3 Å². The van der Waals surface area contributed by atoms with E-state index in [0.717, 1.165) is 0 Å². The molecule has 0 radical (unpaired) electrons. The van der Waals surface area contributed by atoms with Gasteiger partial charge in [-0.25, -0.2) is 0 Å². The van der Waals surface area contributed by atoms with E-state index in [9.17, 15) is 4.79 Å². The zero-order valence-electron chi connectivity index (χ0n) is 10.0. The topological polar surface area (TPSA) is 46.5 Å². The van der Waals surface area contributed by atoms with Crippen LogP contribution >= 0.6 is 11.6 Å². The Morgan fingerprint density at radius 2 is 2.18 bits per heavy atom. The summed E-state index contributed by atoms with van der Waals surface area (Å²) < 4.78 is 5.47. The first kappa shape index (κ1) is 13.8. The van der Waals surface area contributed by atoms with Crippen molar-refractivity contribution in [1.82, 2.24) is 0 Å². The van der Waals surface area contributed by atoms with Crippen LogP contribution in [0.25, 0.3) is 0 Å². The largest absolute Gasteiger partial charge is 0.494 e. The van der Waals surface area contributed by atoms with Crippen molar-refractivity contribution < 1.29 is 14.6 Å². The van der Waals surface area contributed by atoms with E-state index >= 15 is 0 Å². The van der Waals surface area contributed by atoms with E-state index in [4.69, 9.17) is 21.4 Å². The number of carboxylic acid groups (broad SMARTS) is 1. The minimum Gasteiger partial charge on any atom is -0.494 e. The Bertz CT molecular complexity index is 377. The fourth-order valence-corrected chi connectivity index (χ4v) is 1.78. The Morgan fingerprint density at radius 3 is 2.71 bits per heavy atom. The standard InChI is InChI=1S/C13H17ClO3/c1-9(2)12(13(15)16)6-7-17-11-5-3-4-10(14)8-11/h3-5,8-9,12H,6-7H2,1-2H3,(H,15,16). The molecule has 0 aliphatic rings. The number of halogens is 1. The maximum atomic E-state index is 11.0. The smallest absolute Gasteiger partial charge is 0.306 e. The molecule has 0 amide bonds. The Morgan fingerprint density at radius 1 is 1.47 bits per heavy atom. The minimum absolute atomic E-state index is 0.107. The van der Waals surface area contributed by atoms with Crippen molar-refractivity contribution in [1.29, 1.82) is 0 Å². The van der Waals surface area contributed by atoms with E-state index < -0.39 is 5.97 Å². The third-order valence-electron chi connectivity index (χ3n) is 2.62. The van der Waals surface area contributed by atoms with Gasteiger partial charge in [0.05, 0.1) is 12.5 Å². The molecule has 0 fully saturated rings. The third-order valence-corrected chi connectivity index (χ3v) is 2.85. The van der Waals surface area contributed by atoms with Crippen molar-refractivity contribution in [2.45, 2.75) is 20.3 Å². The highest BCUT2D eigenvalue weighted by molar-refractivity contribution is 6.30. The number of carbonyl (C=O) groups is 1. The zero-order chi connectivity index (χ0) is 12.8. The highest BCUT2D eigenvalue weighted by Gasteiger charge is 2.21. The van der Waals surface area contributed by atoms with E-state index in [1.54, 1.807) is 24.3 Å². The first-order valence-electron chi connectivity index (χ1n) is 5.62. The Hall–Kier alpha value is -1.22. The molecule has 3 nitrogen and oxygen atoms in total. The monoisotopic (exact) mass is 256 g/mol. The molecule has 0 bridgehead atoms. The first-order chi connectivity index (χ1) is 8.00. The molecule has 1 aromatic rings. The average molecular weight is 257 g/mol. The van der Waals surface area contributed by atoms with Crippen LogP contribution in [0.5, 0.6) is 5.75 Å². The number of ether oxygens (including phenoxy) is 1. The summed E-state index contributed by atoms with van der Waals surface area (Å²) in [5.41, 5.74) is 0. The summed E-state index contributed by atoms with van der Waals surface area (Å²) in [6, 6.07) is 7.08.